The van der Waals surface area contributed by atoms with Crippen molar-refractivity contribution in [2.24, 2.45) is 0 Å². The number of hydrogen-bond donors (Lipinski definition) is 1. The summed E-state index contributed by atoms with van der Waals surface area (Å²) in [6, 6.07) is 6.34. The van der Waals surface area contributed by atoms with E-state index >= 15 is 0 Å². The molecule has 0 amide bonds. The number of aromatic nitrogens is 1. The summed E-state index contributed by atoms with van der Waals surface area (Å²) in [6.45, 7) is 3.54. The van der Waals surface area contributed by atoms with Crippen LogP contribution in [0.2, 0.25) is 0 Å². The van der Waals surface area contributed by atoms with Gasteiger partial charge in [-0.1, -0.05) is 39.4 Å². The summed E-state index contributed by atoms with van der Waals surface area (Å²) >= 11 is 5.24. The fraction of sp³-hybridized carbons (Fsp3) is 0.308. The van der Waals surface area contributed by atoms with Crippen LogP contribution in [-0.2, 0) is 4.74 Å². The lowest BCUT2D eigenvalue weighted by Gasteiger charge is -2.02. The molecule has 2 rings (SSSR count). The number of aryl methyl sites for hydroxylation is 1. The number of nitrogens with zero attached hydrogens (tertiary/aromatic N) is 1. The number of nitrogens with one attached hydrogen (secondary N) is 1. The van der Waals surface area contributed by atoms with Crippen LogP contribution < -0.4 is 5.32 Å². The van der Waals surface area contributed by atoms with Gasteiger partial charge in [0.15, 0.2) is 5.13 Å². The Labute approximate surface area is 119 Å². The van der Waals surface area contributed by atoms with Crippen molar-refractivity contribution < 1.29 is 4.74 Å². The van der Waals surface area contributed by atoms with Gasteiger partial charge in [0.2, 0.25) is 0 Å². The molecule has 3 nitrogen and oxygen atoms in total. The van der Waals surface area contributed by atoms with E-state index < -0.39 is 0 Å². The van der Waals surface area contributed by atoms with Crippen molar-refractivity contribution in [1.29, 1.82) is 0 Å². The number of methoxy groups -OCH3 is 1. The third-order valence-corrected chi connectivity index (χ3v) is 4.12. The summed E-state index contributed by atoms with van der Waals surface area (Å²) in [4.78, 5) is 5.51. The topological polar surface area (TPSA) is 34.1 Å². The normalized spacial score (nSPS) is 10.6. The Hall–Kier alpha value is -0.910. The molecular weight excluding hydrogens is 312 g/mol. The molecule has 0 bridgehead atoms. The number of halogens is 1. The average molecular weight is 327 g/mol. The Kier molecular flexibility index (Phi) is 4.74. The summed E-state index contributed by atoms with van der Waals surface area (Å²) in [5.74, 6) is 0. The standard InChI is InChI=1S/C13H15BrN2OS/c1-9-3-4-10(11(14)7-9)12-8-16-13(18-12)15-5-6-17-2/h3-4,7-8H,5-6H2,1-2H3,(H,15,16). The highest BCUT2D eigenvalue weighted by molar-refractivity contribution is 9.10. The highest BCUT2D eigenvalue weighted by Gasteiger charge is 2.07. The number of benzene rings is 1. The van der Waals surface area contributed by atoms with Gasteiger partial charge in [0.25, 0.3) is 0 Å². The Morgan fingerprint density at radius 1 is 1.44 bits per heavy atom. The predicted octanol–water partition coefficient (Wildman–Crippen LogP) is 3.94. The van der Waals surface area contributed by atoms with E-state index in [1.54, 1.807) is 18.4 Å². The molecule has 0 aliphatic heterocycles. The summed E-state index contributed by atoms with van der Waals surface area (Å²) in [5.41, 5.74) is 2.42. The van der Waals surface area contributed by atoms with Gasteiger partial charge in [0.1, 0.15) is 0 Å². The van der Waals surface area contributed by atoms with Crippen molar-refractivity contribution >= 4 is 32.4 Å². The molecule has 1 aromatic carbocycles. The van der Waals surface area contributed by atoms with Crippen LogP contribution in [0, 0.1) is 6.92 Å². The second kappa shape index (κ2) is 6.31. The molecule has 2 aromatic rings. The smallest absolute Gasteiger partial charge is 0.183 e. The second-order valence-corrected chi connectivity index (χ2v) is 5.82. The fourth-order valence-electron chi connectivity index (χ4n) is 1.56. The molecule has 18 heavy (non-hydrogen) atoms. The molecule has 0 aliphatic rings. The van der Waals surface area contributed by atoms with E-state index in [0.717, 1.165) is 21.0 Å². The molecule has 1 N–H and O–H groups in total. The lowest BCUT2D eigenvalue weighted by atomic mass is 10.1. The van der Waals surface area contributed by atoms with E-state index in [2.05, 4.69) is 51.4 Å². The minimum atomic E-state index is 0.684. The lowest BCUT2D eigenvalue weighted by Crippen LogP contribution is -2.06. The van der Waals surface area contributed by atoms with E-state index in [1.807, 2.05) is 6.20 Å². The highest BCUT2D eigenvalue weighted by Crippen LogP contribution is 2.34. The first-order valence-corrected chi connectivity index (χ1v) is 7.27. The van der Waals surface area contributed by atoms with Gasteiger partial charge in [0.05, 0.1) is 11.5 Å². The molecular formula is C13H15BrN2OS. The minimum absolute atomic E-state index is 0.684. The minimum Gasteiger partial charge on any atom is -0.383 e. The first-order valence-electron chi connectivity index (χ1n) is 5.66. The van der Waals surface area contributed by atoms with Gasteiger partial charge in [0, 0.05) is 29.9 Å². The van der Waals surface area contributed by atoms with Crippen molar-refractivity contribution in [2.75, 3.05) is 25.6 Å². The molecule has 0 fully saturated rings. The zero-order chi connectivity index (χ0) is 13.0. The van der Waals surface area contributed by atoms with Crippen molar-refractivity contribution in [3.05, 3.63) is 34.4 Å². The Morgan fingerprint density at radius 2 is 2.28 bits per heavy atom. The molecule has 1 heterocycles. The number of thiazole rings is 1. The summed E-state index contributed by atoms with van der Waals surface area (Å²) in [5, 5.41) is 4.16. The van der Waals surface area contributed by atoms with Crippen molar-refractivity contribution in [1.82, 2.24) is 4.98 Å². The quantitative estimate of drug-likeness (QED) is 0.845. The molecule has 0 aliphatic carbocycles. The maximum absolute atomic E-state index is 4.99. The van der Waals surface area contributed by atoms with Crippen LogP contribution >= 0.6 is 27.3 Å². The molecule has 0 atom stereocenters. The Morgan fingerprint density at radius 3 is 3.00 bits per heavy atom. The van der Waals surface area contributed by atoms with Gasteiger partial charge in [-0.3, -0.25) is 0 Å². The van der Waals surface area contributed by atoms with Gasteiger partial charge in [-0.05, 0) is 18.6 Å². The maximum Gasteiger partial charge on any atom is 0.183 e. The predicted molar refractivity (Wildman–Crippen MR) is 80.4 cm³/mol. The maximum atomic E-state index is 4.99. The number of ether oxygens (including phenoxy) is 1. The molecule has 1 aromatic heterocycles. The highest BCUT2D eigenvalue weighted by atomic mass is 79.9. The largest absolute Gasteiger partial charge is 0.383 e. The van der Waals surface area contributed by atoms with Crippen LogP contribution in [0.25, 0.3) is 10.4 Å². The molecule has 0 spiro atoms. The van der Waals surface area contributed by atoms with Crippen LogP contribution in [-0.4, -0.2) is 25.2 Å². The fourth-order valence-corrected chi connectivity index (χ4v) is 3.28. The van der Waals surface area contributed by atoms with Gasteiger partial charge >= 0.3 is 0 Å². The monoisotopic (exact) mass is 326 g/mol. The molecule has 0 saturated carbocycles. The molecule has 96 valence electrons. The molecule has 0 saturated heterocycles. The van der Waals surface area contributed by atoms with E-state index in [-0.39, 0.29) is 0 Å². The van der Waals surface area contributed by atoms with Gasteiger partial charge in [-0.25, -0.2) is 4.98 Å². The van der Waals surface area contributed by atoms with Crippen LogP contribution in [0.15, 0.2) is 28.9 Å². The van der Waals surface area contributed by atoms with Crippen molar-refractivity contribution in [3.8, 4) is 10.4 Å². The third kappa shape index (κ3) is 3.31. The third-order valence-electron chi connectivity index (χ3n) is 2.48. The summed E-state index contributed by atoms with van der Waals surface area (Å²) in [6.07, 6.45) is 1.90. The van der Waals surface area contributed by atoms with Crippen LogP contribution in [0.1, 0.15) is 5.56 Å². The van der Waals surface area contributed by atoms with Crippen molar-refractivity contribution in [2.45, 2.75) is 6.92 Å². The van der Waals surface area contributed by atoms with E-state index in [1.165, 1.54) is 11.1 Å². The SMILES string of the molecule is COCCNc1ncc(-c2ccc(C)cc2Br)s1. The van der Waals surface area contributed by atoms with Gasteiger partial charge in [-0.2, -0.15) is 0 Å². The van der Waals surface area contributed by atoms with Crippen LogP contribution in [0.4, 0.5) is 5.13 Å². The van der Waals surface area contributed by atoms with E-state index in [4.69, 9.17) is 4.74 Å². The van der Waals surface area contributed by atoms with Gasteiger partial charge in [-0.15, -0.1) is 0 Å². The molecule has 0 radical (unpaired) electrons. The summed E-state index contributed by atoms with van der Waals surface area (Å²) in [7, 11) is 1.69. The van der Waals surface area contributed by atoms with Crippen LogP contribution in [0.5, 0.6) is 0 Å². The Bertz CT molecular complexity index is 527. The van der Waals surface area contributed by atoms with Gasteiger partial charge < -0.3 is 10.1 Å². The summed E-state index contributed by atoms with van der Waals surface area (Å²) < 4.78 is 6.10. The number of rotatable bonds is 5. The molecule has 5 heteroatoms. The zero-order valence-electron chi connectivity index (χ0n) is 10.4. The van der Waals surface area contributed by atoms with E-state index in [0.29, 0.717) is 6.61 Å². The number of anilines is 1. The Balaban J connectivity index is 2.13. The van der Waals surface area contributed by atoms with Crippen molar-refractivity contribution in [3.63, 3.8) is 0 Å². The van der Waals surface area contributed by atoms with E-state index in [9.17, 15) is 0 Å². The average Bonchev–Trinajstić information content (AvgIpc) is 2.78. The first kappa shape index (κ1) is 13.5. The first-order chi connectivity index (χ1) is 8.70. The second-order valence-electron chi connectivity index (χ2n) is 3.93. The number of hydrogen-bond acceptors (Lipinski definition) is 4. The van der Waals surface area contributed by atoms with Crippen LogP contribution in [0.3, 0.4) is 0 Å². The molecule has 0 unspecified atom stereocenters. The lowest BCUT2D eigenvalue weighted by molar-refractivity contribution is 0.211. The zero-order valence-corrected chi connectivity index (χ0v) is 12.8.